The number of nitrogens with zero attached hydrogens (tertiary/aromatic N) is 3. The molecular weight excluding hydrogens is 452 g/mol. The van der Waals surface area contributed by atoms with Crippen molar-refractivity contribution in [3.05, 3.63) is 95.4 Å². The number of aryl methyl sites for hydroxylation is 1. The van der Waals surface area contributed by atoms with Crippen LogP contribution < -0.4 is 14.8 Å². The fraction of sp³-hybridized carbons (Fsp3) is 0.310. The normalized spacial score (nSPS) is 14.6. The number of carbonyl (C=O) groups is 1. The van der Waals surface area contributed by atoms with Crippen LogP contribution in [0.25, 0.3) is 5.65 Å². The number of fused-ring (bicyclic) bond motifs is 1. The Hall–Kier alpha value is -3.84. The van der Waals surface area contributed by atoms with Crippen molar-refractivity contribution in [1.82, 2.24) is 19.6 Å². The molecule has 7 heteroatoms. The molecule has 0 aliphatic carbocycles. The average Bonchev–Trinajstić information content (AvgIpc) is 3.31. The van der Waals surface area contributed by atoms with Crippen LogP contribution in [0.1, 0.15) is 40.0 Å². The minimum absolute atomic E-state index is 0.0413. The summed E-state index contributed by atoms with van der Waals surface area (Å²) in [6.07, 6.45) is 5.89. The molecule has 0 atom stereocenters. The van der Waals surface area contributed by atoms with E-state index >= 15 is 0 Å². The Morgan fingerprint density at radius 3 is 2.58 bits per heavy atom. The van der Waals surface area contributed by atoms with E-state index < -0.39 is 0 Å². The molecule has 186 valence electrons. The molecule has 1 aliphatic rings. The predicted molar refractivity (Wildman–Crippen MR) is 139 cm³/mol. The Morgan fingerprint density at radius 2 is 1.81 bits per heavy atom. The predicted octanol–water partition coefficient (Wildman–Crippen LogP) is 4.62. The number of piperidine rings is 1. The molecule has 1 saturated heterocycles. The number of methoxy groups -OCH3 is 1. The van der Waals surface area contributed by atoms with E-state index in [-0.39, 0.29) is 11.9 Å². The second kappa shape index (κ2) is 10.8. The van der Waals surface area contributed by atoms with Gasteiger partial charge in [-0.05, 0) is 61.7 Å². The highest BCUT2D eigenvalue weighted by Gasteiger charge is 2.22. The summed E-state index contributed by atoms with van der Waals surface area (Å²) in [5.74, 6) is 1.60. The van der Waals surface area contributed by atoms with E-state index in [9.17, 15) is 4.79 Å². The van der Waals surface area contributed by atoms with Crippen LogP contribution >= 0.6 is 0 Å². The van der Waals surface area contributed by atoms with E-state index in [1.165, 1.54) is 11.1 Å². The number of aromatic nitrogens is 2. The van der Waals surface area contributed by atoms with Crippen LogP contribution in [0.3, 0.4) is 0 Å². The lowest BCUT2D eigenvalue weighted by molar-refractivity contribution is 0.0908. The zero-order chi connectivity index (χ0) is 24.9. The zero-order valence-corrected chi connectivity index (χ0v) is 20.8. The summed E-state index contributed by atoms with van der Waals surface area (Å²) < 4.78 is 13.4. The van der Waals surface area contributed by atoms with Gasteiger partial charge in [0.1, 0.15) is 23.8 Å². The van der Waals surface area contributed by atoms with Crippen molar-refractivity contribution in [2.24, 2.45) is 0 Å². The summed E-state index contributed by atoms with van der Waals surface area (Å²) in [5, 5.41) is 3.19. The number of carbonyl (C=O) groups excluding carboxylic acids is 1. The number of imidazole rings is 1. The molecule has 0 spiro atoms. The lowest BCUT2D eigenvalue weighted by atomic mass is 10.0. The molecule has 0 bridgehead atoms. The number of hydrogen-bond acceptors (Lipinski definition) is 5. The number of pyridine rings is 1. The minimum Gasteiger partial charge on any atom is -0.496 e. The number of amides is 1. The van der Waals surface area contributed by atoms with E-state index in [4.69, 9.17) is 9.47 Å². The largest absolute Gasteiger partial charge is 0.496 e. The van der Waals surface area contributed by atoms with Gasteiger partial charge >= 0.3 is 0 Å². The van der Waals surface area contributed by atoms with Crippen molar-refractivity contribution in [1.29, 1.82) is 0 Å². The fourth-order valence-electron chi connectivity index (χ4n) is 4.66. The van der Waals surface area contributed by atoms with E-state index in [1.54, 1.807) is 7.11 Å². The van der Waals surface area contributed by atoms with Gasteiger partial charge in [-0.1, -0.05) is 24.3 Å². The molecule has 7 nitrogen and oxygen atoms in total. The lowest BCUT2D eigenvalue weighted by Gasteiger charge is -2.32. The summed E-state index contributed by atoms with van der Waals surface area (Å²) >= 11 is 0. The third kappa shape index (κ3) is 5.69. The van der Waals surface area contributed by atoms with Crippen molar-refractivity contribution in [3.63, 3.8) is 0 Å². The van der Waals surface area contributed by atoms with Crippen LogP contribution in [-0.2, 0) is 13.2 Å². The van der Waals surface area contributed by atoms with Crippen molar-refractivity contribution in [3.8, 4) is 11.5 Å². The number of para-hydroxylation sites is 1. The first-order chi connectivity index (χ1) is 17.6. The zero-order valence-electron chi connectivity index (χ0n) is 20.8. The van der Waals surface area contributed by atoms with Crippen LogP contribution in [0.5, 0.6) is 11.5 Å². The maximum atomic E-state index is 12.8. The Kier molecular flexibility index (Phi) is 7.18. The molecule has 4 aromatic rings. The van der Waals surface area contributed by atoms with Crippen molar-refractivity contribution < 1.29 is 14.3 Å². The Balaban J connectivity index is 1.09. The highest BCUT2D eigenvalue weighted by Crippen LogP contribution is 2.22. The number of ether oxygens (including phenoxy) is 2. The van der Waals surface area contributed by atoms with Gasteiger partial charge in [0.25, 0.3) is 5.91 Å². The summed E-state index contributed by atoms with van der Waals surface area (Å²) in [7, 11) is 1.71. The van der Waals surface area contributed by atoms with Gasteiger partial charge < -0.3 is 19.2 Å². The van der Waals surface area contributed by atoms with Crippen LogP contribution in [0.4, 0.5) is 0 Å². The van der Waals surface area contributed by atoms with Crippen LogP contribution in [0.15, 0.2) is 73.1 Å². The molecule has 36 heavy (non-hydrogen) atoms. The number of nitrogens with one attached hydrogen (secondary N) is 1. The van der Waals surface area contributed by atoms with E-state index in [2.05, 4.69) is 28.2 Å². The SMILES string of the molecule is COc1ccccc1CN1CCC(NC(=O)c2ccc(OCc3cn4cc(C)ccc4n3)cc2)CC1. The van der Waals surface area contributed by atoms with E-state index in [1.807, 2.05) is 71.4 Å². The van der Waals surface area contributed by atoms with Crippen molar-refractivity contribution in [2.75, 3.05) is 20.2 Å². The van der Waals surface area contributed by atoms with Crippen LogP contribution in [0, 0.1) is 6.92 Å². The molecule has 0 radical (unpaired) electrons. The molecule has 3 heterocycles. The third-order valence-electron chi connectivity index (χ3n) is 6.66. The molecule has 1 N–H and O–H groups in total. The highest BCUT2D eigenvalue weighted by molar-refractivity contribution is 5.94. The summed E-state index contributed by atoms with van der Waals surface area (Å²) in [4.78, 5) is 19.8. The van der Waals surface area contributed by atoms with E-state index in [0.29, 0.717) is 17.9 Å². The molecule has 0 saturated carbocycles. The van der Waals surface area contributed by atoms with Crippen molar-refractivity contribution >= 4 is 11.6 Å². The molecular formula is C29H32N4O3. The summed E-state index contributed by atoms with van der Waals surface area (Å²) in [6.45, 7) is 5.18. The molecule has 5 rings (SSSR count). The first-order valence-electron chi connectivity index (χ1n) is 12.4. The average molecular weight is 485 g/mol. The number of benzene rings is 2. The lowest BCUT2D eigenvalue weighted by Crippen LogP contribution is -2.44. The van der Waals surface area contributed by atoms with E-state index in [0.717, 1.165) is 49.6 Å². The van der Waals surface area contributed by atoms with Gasteiger partial charge in [-0.2, -0.15) is 0 Å². The fourth-order valence-corrected chi connectivity index (χ4v) is 4.66. The summed E-state index contributed by atoms with van der Waals surface area (Å²) in [6, 6.07) is 19.7. The maximum absolute atomic E-state index is 12.8. The highest BCUT2D eigenvalue weighted by atomic mass is 16.5. The standard InChI is InChI=1S/C29H32N4O3/c1-21-7-12-28-30-25(19-33(28)17-21)20-36-26-10-8-22(9-11-26)29(34)31-24-13-15-32(16-14-24)18-23-5-3-4-6-27(23)35-2/h3-12,17,19,24H,13-16,18,20H2,1-2H3,(H,31,34). The molecule has 1 aliphatic heterocycles. The second-order valence-electron chi connectivity index (χ2n) is 9.35. The number of rotatable bonds is 8. The Labute approximate surface area is 211 Å². The first kappa shape index (κ1) is 23.9. The smallest absolute Gasteiger partial charge is 0.251 e. The van der Waals surface area contributed by atoms with Crippen LogP contribution in [0.2, 0.25) is 0 Å². The molecule has 0 unspecified atom stereocenters. The first-order valence-corrected chi connectivity index (χ1v) is 12.4. The van der Waals surface area contributed by atoms with Gasteiger partial charge in [0, 0.05) is 49.2 Å². The van der Waals surface area contributed by atoms with Gasteiger partial charge in [-0.15, -0.1) is 0 Å². The van der Waals surface area contributed by atoms with Gasteiger partial charge in [0.2, 0.25) is 0 Å². The number of likely N-dealkylation sites (tertiary alicyclic amines) is 1. The topological polar surface area (TPSA) is 68.1 Å². The second-order valence-corrected chi connectivity index (χ2v) is 9.35. The number of hydrogen-bond donors (Lipinski definition) is 1. The quantitative estimate of drug-likeness (QED) is 0.395. The van der Waals surface area contributed by atoms with Crippen molar-refractivity contribution in [2.45, 2.75) is 39.0 Å². The summed E-state index contributed by atoms with van der Waals surface area (Å²) in [5.41, 5.74) is 4.78. The molecule has 1 amide bonds. The molecule has 1 fully saturated rings. The van der Waals surface area contributed by atoms with Gasteiger partial charge in [-0.3, -0.25) is 9.69 Å². The monoisotopic (exact) mass is 484 g/mol. The van der Waals surface area contributed by atoms with Gasteiger partial charge in [-0.25, -0.2) is 4.98 Å². The minimum atomic E-state index is -0.0413. The molecule has 2 aromatic carbocycles. The van der Waals surface area contributed by atoms with Gasteiger partial charge in [0.15, 0.2) is 0 Å². The van der Waals surface area contributed by atoms with Gasteiger partial charge in [0.05, 0.1) is 12.8 Å². The Bertz CT molecular complexity index is 1320. The third-order valence-corrected chi connectivity index (χ3v) is 6.66. The Morgan fingerprint density at radius 1 is 1.03 bits per heavy atom. The molecule has 2 aromatic heterocycles. The maximum Gasteiger partial charge on any atom is 0.251 e. The van der Waals surface area contributed by atoms with Crippen LogP contribution in [-0.4, -0.2) is 46.4 Å².